The van der Waals surface area contributed by atoms with Crippen LogP contribution in [-0.4, -0.2) is 37.4 Å². The molecule has 0 aromatic carbocycles. The first-order chi connectivity index (χ1) is 8.55. The van der Waals surface area contributed by atoms with Gasteiger partial charge in [0.05, 0.1) is 0 Å². The molecule has 0 amide bonds. The van der Waals surface area contributed by atoms with E-state index in [4.69, 9.17) is 0 Å². The number of aryl methyl sites for hydroxylation is 1. The van der Waals surface area contributed by atoms with Crippen LogP contribution < -0.4 is 5.32 Å². The van der Waals surface area contributed by atoms with Crippen LogP contribution in [0.2, 0.25) is 0 Å². The third-order valence-electron chi connectivity index (χ3n) is 3.39. The van der Waals surface area contributed by atoms with Crippen molar-refractivity contribution in [3.63, 3.8) is 0 Å². The van der Waals surface area contributed by atoms with E-state index in [1.165, 1.54) is 0 Å². The quantitative estimate of drug-likeness (QED) is 0.886. The zero-order chi connectivity index (χ0) is 13.2. The molecule has 0 radical (unpaired) electrons. The number of sulfonamides is 1. The van der Waals surface area contributed by atoms with E-state index in [2.05, 4.69) is 5.32 Å². The highest BCUT2D eigenvalue weighted by atomic mass is 32.2. The van der Waals surface area contributed by atoms with Gasteiger partial charge in [0.25, 0.3) is 0 Å². The molecule has 2 heterocycles. The lowest BCUT2D eigenvalue weighted by Crippen LogP contribution is -2.35. The molecule has 102 valence electrons. The van der Waals surface area contributed by atoms with Crippen LogP contribution in [0.5, 0.6) is 0 Å². The lowest BCUT2D eigenvalue weighted by atomic mass is 10.2. The smallest absolute Gasteiger partial charge is 0.244 e. The summed E-state index contributed by atoms with van der Waals surface area (Å²) in [5.41, 5.74) is 0.980. The maximum Gasteiger partial charge on any atom is 0.244 e. The highest BCUT2D eigenvalue weighted by Crippen LogP contribution is 2.22. The van der Waals surface area contributed by atoms with Crippen molar-refractivity contribution < 1.29 is 8.42 Å². The van der Waals surface area contributed by atoms with Gasteiger partial charge in [0.1, 0.15) is 4.90 Å². The van der Waals surface area contributed by atoms with Crippen LogP contribution >= 0.6 is 0 Å². The van der Waals surface area contributed by atoms with E-state index in [-0.39, 0.29) is 0 Å². The van der Waals surface area contributed by atoms with Crippen molar-refractivity contribution in [1.82, 2.24) is 14.2 Å². The number of aromatic nitrogens is 1. The summed E-state index contributed by atoms with van der Waals surface area (Å²) < 4.78 is 28.4. The molecular weight excluding hydrogens is 250 g/mol. The molecule has 2 rings (SSSR count). The van der Waals surface area contributed by atoms with Crippen LogP contribution in [-0.2, 0) is 23.6 Å². The molecule has 0 saturated carbocycles. The van der Waals surface area contributed by atoms with Gasteiger partial charge in [-0.15, -0.1) is 0 Å². The van der Waals surface area contributed by atoms with Gasteiger partial charge in [-0.3, -0.25) is 0 Å². The lowest BCUT2D eigenvalue weighted by molar-refractivity contribution is 0.346. The topological polar surface area (TPSA) is 54.3 Å². The van der Waals surface area contributed by atoms with Gasteiger partial charge in [-0.05, 0) is 26.0 Å². The van der Waals surface area contributed by atoms with Crippen molar-refractivity contribution in [3.05, 3.63) is 18.0 Å². The number of rotatable bonds is 4. The molecule has 1 N–H and O–H groups in total. The van der Waals surface area contributed by atoms with E-state index in [9.17, 15) is 8.42 Å². The van der Waals surface area contributed by atoms with E-state index >= 15 is 0 Å². The molecule has 1 aliphatic heterocycles. The maximum atomic E-state index is 12.4. The Balaban J connectivity index is 2.26. The SMILES string of the molecule is CNCc1cc(S(=O)(=O)N2CCCCC2)cn1C. The molecule has 18 heavy (non-hydrogen) atoms. The predicted molar refractivity (Wildman–Crippen MR) is 70.8 cm³/mol. The number of nitrogens with one attached hydrogen (secondary N) is 1. The molecule has 5 nitrogen and oxygen atoms in total. The van der Waals surface area contributed by atoms with Crippen LogP contribution in [0.4, 0.5) is 0 Å². The van der Waals surface area contributed by atoms with Crippen molar-refractivity contribution in [2.45, 2.75) is 30.7 Å². The number of hydrogen-bond acceptors (Lipinski definition) is 3. The Morgan fingerprint density at radius 3 is 2.56 bits per heavy atom. The van der Waals surface area contributed by atoms with Gasteiger partial charge >= 0.3 is 0 Å². The number of hydrogen-bond donors (Lipinski definition) is 1. The molecule has 0 aliphatic carbocycles. The second-order valence-electron chi connectivity index (χ2n) is 4.77. The summed E-state index contributed by atoms with van der Waals surface area (Å²) in [5, 5.41) is 3.04. The second kappa shape index (κ2) is 5.42. The largest absolute Gasteiger partial charge is 0.352 e. The van der Waals surface area contributed by atoms with Crippen LogP contribution in [0.15, 0.2) is 17.2 Å². The van der Waals surface area contributed by atoms with Crippen molar-refractivity contribution in [1.29, 1.82) is 0 Å². The summed E-state index contributed by atoms with van der Waals surface area (Å²) in [4.78, 5) is 0.414. The lowest BCUT2D eigenvalue weighted by Gasteiger charge is -2.25. The second-order valence-corrected chi connectivity index (χ2v) is 6.71. The predicted octanol–water partition coefficient (Wildman–Crippen LogP) is 0.919. The Kier molecular flexibility index (Phi) is 4.09. The molecule has 1 aromatic rings. The fraction of sp³-hybridized carbons (Fsp3) is 0.667. The fourth-order valence-electron chi connectivity index (χ4n) is 2.33. The zero-order valence-electron chi connectivity index (χ0n) is 11.0. The Bertz CT molecular complexity index is 501. The van der Waals surface area contributed by atoms with Gasteiger partial charge in [-0.2, -0.15) is 4.31 Å². The van der Waals surface area contributed by atoms with E-state index in [1.807, 2.05) is 18.7 Å². The first-order valence-electron chi connectivity index (χ1n) is 6.35. The average Bonchev–Trinajstić information content (AvgIpc) is 2.73. The highest BCUT2D eigenvalue weighted by Gasteiger charge is 2.27. The minimum absolute atomic E-state index is 0.414. The Labute approximate surface area is 109 Å². The molecule has 1 aromatic heterocycles. The Morgan fingerprint density at radius 1 is 1.28 bits per heavy atom. The summed E-state index contributed by atoms with van der Waals surface area (Å²) in [6, 6.07) is 1.76. The molecule has 0 spiro atoms. The van der Waals surface area contributed by atoms with Gasteiger partial charge in [0.15, 0.2) is 0 Å². The molecule has 0 unspecified atom stereocenters. The van der Waals surface area contributed by atoms with E-state index in [1.54, 1.807) is 16.6 Å². The molecule has 6 heteroatoms. The maximum absolute atomic E-state index is 12.4. The van der Waals surface area contributed by atoms with Gasteiger partial charge in [-0.1, -0.05) is 6.42 Å². The van der Waals surface area contributed by atoms with E-state index in [0.717, 1.165) is 25.0 Å². The zero-order valence-corrected chi connectivity index (χ0v) is 11.8. The van der Waals surface area contributed by atoms with Crippen LogP contribution in [0.25, 0.3) is 0 Å². The van der Waals surface area contributed by atoms with Crippen molar-refractivity contribution in [2.24, 2.45) is 7.05 Å². The van der Waals surface area contributed by atoms with Crippen LogP contribution in [0, 0.1) is 0 Å². The standard InChI is InChI=1S/C12H21N3O2S/c1-13-9-11-8-12(10-14(11)2)18(16,17)15-6-4-3-5-7-15/h8,10,13H,3-7,9H2,1-2H3. The minimum Gasteiger partial charge on any atom is -0.352 e. The average molecular weight is 271 g/mol. The Hall–Kier alpha value is -0.850. The summed E-state index contributed by atoms with van der Waals surface area (Å²) in [6.45, 7) is 1.98. The van der Waals surface area contributed by atoms with Gasteiger partial charge in [0, 0.05) is 38.6 Å². The summed E-state index contributed by atoms with van der Waals surface area (Å²) >= 11 is 0. The fourth-order valence-corrected chi connectivity index (χ4v) is 3.94. The number of piperidine rings is 1. The van der Waals surface area contributed by atoms with Crippen molar-refractivity contribution in [3.8, 4) is 0 Å². The third kappa shape index (κ3) is 2.60. The molecule has 0 bridgehead atoms. The van der Waals surface area contributed by atoms with Crippen LogP contribution in [0.1, 0.15) is 25.0 Å². The third-order valence-corrected chi connectivity index (χ3v) is 5.26. The minimum atomic E-state index is -3.30. The molecule has 1 fully saturated rings. The summed E-state index contributed by atoms with van der Waals surface area (Å²) in [6.07, 6.45) is 4.77. The van der Waals surface area contributed by atoms with E-state index < -0.39 is 10.0 Å². The molecule has 0 atom stereocenters. The van der Waals surface area contributed by atoms with Gasteiger partial charge in [0.2, 0.25) is 10.0 Å². The molecule has 1 saturated heterocycles. The van der Waals surface area contributed by atoms with Crippen molar-refractivity contribution in [2.75, 3.05) is 20.1 Å². The Morgan fingerprint density at radius 2 is 1.94 bits per heavy atom. The van der Waals surface area contributed by atoms with Crippen molar-refractivity contribution >= 4 is 10.0 Å². The molecular formula is C12H21N3O2S. The van der Waals surface area contributed by atoms with Gasteiger partial charge < -0.3 is 9.88 Å². The first kappa shape index (κ1) is 13.6. The number of nitrogens with zero attached hydrogens (tertiary/aromatic N) is 2. The summed E-state index contributed by atoms with van der Waals surface area (Å²) in [5.74, 6) is 0. The molecule has 1 aliphatic rings. The van der Waals surface area contributed by atoms with Gasteiger partial charge in [-0.25, -0.2) is 8.42 Å². The monoisotopic (exact) mass is 271 g/mol. The van der Waals surface area contributed by atoms with Crippen LogP contribution in [0.3, 0.4) is 0 Å². The van der Waals surface area contributed by atoms with E-state index in [0.29, 0.717) is 24.5 Å². The normalized spacial score (nSPS) is 18.1. The summed E-state index contributed by atoms with van der Waals surface area (Å²) in [7, 11) is 0.433. The first-order valence-corrected chi connectivity index (χ1v) is 7.79. The highest BCUT2D eigenvalue weighted by molar-refractivity contribution is 7.89.